The van der Waals surface area contributed by atoms with Gasteiger partial charge in [0.2, 0.25) is 6.61 Å². The molecule has 0 unspecified atom stereocenters. The van der Waals surface area contributed by atoms with Gasteiger partial charge in [0.25, 0.3) is 0 Å². The van der Waals surface area contributed by atoms with Crippen molar-refractivity contribution in [3.8, 4) is 0 Å². The average molecular weight is 329 g/mol. The lowest BCUT2D eigenvalue weighted by atomic mass is 10.0. The number of alkyl halides is 3. The molecular weight excluding hydrogens is 307 g/mol. The van der Waals surface area contributed by atoms with Gasteiger partial charge in [0.15, 0.2) is 0 Å². The zero-order valence-corrected chi connectivity index (χ0v) is 14.0. The molecule has 1 aromatic rings. The van der Waals surface area contributed by atoms with E-state index in [0.29, 0.717) is 5.71 Å². The third-order valence-electron chi connectivity index (χ3n) is 3.26. The third-order valence-corrected chi connectivity index (χ3v) is 3.26. The van der Waals surface area contributed by atoms with Crippen molar-refractivity contribution in [2.45, 2.75) is 33.9 Å². The summed E-state index contributed by atoms with van der Waals surface area (Å²) < 4.78 is 36.2. The van der Waals surface area contributed by atoms with Crippen molar-refractivity contribution in [3.63, 3.8) is 0 Å². The number of benzene rings is 1. The maximum Gasteiger partial charge on any atom is 0.425 e. The van der Waals surface area contributed by atoms with Crippen molar-refractivity contribution in [3.05, 3.63) is 28.8 Å². The van der Waals surface area contributed by atoms with Crippen LogP contribution < -0.4 is 0 Å². The number of rotatable bonds is 6. The molecule has 4 nitrogen and oxygen atoms in total. The highest BCUT2D eigenvalue weighted by Crippen LogP contribution is 2.24. The van der Waals surface area contributed by atoms with Crippen LogP contribution in [-0.2, 0) is 4.84 Å². The molecule has 1 aromatic carbocycles. The Bertz CT molecular complexity index is 595. The Hall–Kier alpha value is -2.05. The molecule has 0 aliphatic rings. The molecule has 0 heterocycles. The average Bonchev–Trinajstić information content (AvgIpc) is 2.45. The van der Waals surface area contributed by atoms with E-state index < -0.39 is 12.8 Å². The first-order valence-electron chi connectivity index (χ1n) is 7.23. The maximum atomic E-state index is 12.1. The maximum absolute atomic E-state index is 12.1. The summed E-state index contributed by atoms with van der Waals surface area (Å²) in [5, 5.41) is 3.55. The highest BCUT2D eigenvalue weighted by atomic mass is 19.4. The number of aliphatic imine (C=N–C) groups is 1. The van der Waals surface area contributed by atoms with Crippen LogP contribution >= 0.6 is 0 Å². The fourth-order valence-electron chi connectivity index (χ4n) is 1.82. The zero-order valence-electron chi connectivity index (χ0n) is 14.0. The Balaban J connectivity index is 2.95. The normalized spacial score (nSPS) is 12.8. The monoisotopic (exact) mass is 329 g/mol. The summed E-state index contributed by atoms with van der Waals surface area (Å²) in [7, 11) is 1.93. The third kappa shape index (κ3) is 6.30. The van der Waals surface area contributed by atoms with Crippen LogP contribution in [0.15, 0.2) is 22.3 Å². The van der Waals surface area contributed by atoms with E-state index in [2.05, 4.69) is 15.0 Å². The standard InChI is InChI=1S/C16H22F3N3O/c1-6-22(5)10-20-15-8-11(2)14(7-12(15)3)13(4)21-23-9-16(17,18)19/h7-8,10H,6,9H2,1-5H3/b20-10?,21-13+. The second kappa shape index (κ2) is 7.99. The number of aryl methyl sites for hydroxylation is 2. The second-order valence-electron chi connectivity index (χ2n) is 5.34. The van der Waals surface area contributed by atoms with Gasteiger partial charge >= 0.3 is 6.18 Å². The van der Waals surface area contributed by atoms with Gasteiger partial charge in [-0.25, -0.2) is 4.99 Å². The van der Waals surface area contributed by atoms with E-state index in [-0.39, 0.29) is 0 Å². The van der Waals surface area contributed by atoms with Gasteiger partial charge in [-0.05, 0) is 51.0 Å². The Morgan fingerprint density at radius 2 is 1.91 bits per heavy atom. The lowest BCUT2D eigenvalue weighted by molar-refractivity contribution is -0.173. The van der Waals surface area contributed by atoms with Crippen LogP contribution in [0.25, 0.3) is 0 Å². The summed E-state index contributed by atoms with van der Waals surface area (Å²) in [6.07, 6.45) is -2.65. The fourth-order valence-corrected chi connectivity index (χ4v) is 1.82. The Morgan fingerprint density at radius 3 is 2.48 bits per heavy atom. The van der Waals surface area contributed by atoms with E-state index in [1.807, 2.05) is 44.9 Å². The van der Waals surface area contributed by atoms with E-state index in [4.69, 9.17) is 0 Å². The number of nitrogens with zero attached hydrogens (tertiary/aromatic N) is 3. The molecule has 0 N–H and O–H groups in total. The van der Waals surface area contributed by atoms with Crippen LogP contribution in [0.3, 0.4) is 0 Å². The topological polar surface area (TPSA) is 37.2 Å². The summed E-state index contributed by atoms with van der Waals surface area (Å²) in [6.45, 7) is 6.85. The van der Waals surface area contributed by atoms with Crippen LogP contribution in [0, 0.1) is 13.8 Å². The van der Waals surface area contributed by atoms with E-state index in [0.717, 1.165) is 28.9 Å². The van der Waals surface area contributed by atoms with Gasteiger partial charge in [0.05, 0.1) is 17.7 Å². The highest BCUT2D eigenvalue weighted by Gasteiger charge is 2.28. The number of hydrogen-bond acceptors (Lipinski definition) is 3. The van der Waals surface area contributed by atoms with Crippen molar-refractivity contribution in [2.24, 2.45) is 10.1 Å². The molecule has 0 saturated carbocycles. The first-order chi connectivity index (χ1) is 10.6. The van der Waals surface area contributed by atoms with Gasteiger partial charge in [-0.3, -0.25) is 0 Å². The quantitative estimate of drug-likeness (QED) is 0.445. The molecule has 0 amide bonds. The van der Waals surface area contributed by atoms with Gasteiger partial charge in [-0.15, -0.1) is 0 Å². The van der Waals surface area contributed by atoms with E-state index in [9.17, 15) is 13.2 Å². The molecular formula is C16H22F3N3O. The van der Waals surface area contributed by atoms with Gasteiger partial charge in [0.1, 0.15) is 0 Å². The van der Waals surface area contributed by atoms with Gasteiger partial charge in [-0.2, -0.15) is 13.2 Å². The molecule has 7 heteroatoms. The molecule has 0 atom stereocenters. The molecule has 128 valence electrons. The number of oxime groups is 1. The summed E-state index contributed by atoms with van der Waals surface area (Å²) in [4.78, 5) is 10.7. The lowest BCUT2D eigenvalue weighted by Gasteiger charge is -2.12. The summed E-state index contributed by atoms with van der Waals surface area (Å²) in [5.74, 6) is 0. The van der Waals surface area contributed by atoms with Crippen molar-refractivity contribution in [2.75, 3.05) is 20.2 Å². The minimum atomic E-state index is -4.39. The van der Waals surface area contributed by atoms with Crippen LogP contribution in [-0.4, -0.2) is 43.3 Å². The summed E-state index contributed by atoms with van der Waals surface area (Å²) >= 11 is 0. The largest absolute Gasteiger partial charge is 0.425 e. The number of halogens is 3. The van der Waals surface area contributed by atoms with Gasteiger partial charge in [-0.1, -0.05) is 5.16 Å². The Morgan fingerprint density at radius 1 is 1.26 bits per heavy atom. The minimum Gasteiger partial charge on any atom is -0.386 e. The molecule has 0 spiro atoms. The molecule has 1 rings (SSSR count). The minimum absolute atomic E-state index is 0.399. The smallest absolute Gasteiger partial charge is 0.386 e. The van der Waals surface area contributed by atoms with Gasteiger partial charge in [0, 0.05) is 19.2 Å². The Kier molecular flexibility index (Phi) is 6.60. The van der Waals surface area contributed by atoms with E-state index >= 15 is 0 Å². The second-order valence-corrected chi connectivity index (χ2v) is 5.34. The number of hydrogen-bond donors (Lipinski definition) is 0. The van der Waals surface area contributed by atoms with Crippen LogP contribution in [0.1, 0.15) is 30.5 Å². The molecule has 0 aliphatic heterocycles. The van der Waals surface area contributed by atoms with Crippen molar-refractivity contribution >= 4 is 17.7 Å². The van der Waals surface area contributed by atoms with Crippen molar-refractivity contribution in [1.82, 2.24) is 4.90 Å². The fraction of sp³-hybridized carbons (Fsp3) is 0.500. The SMILES string of the molecule is CCN(C)C=Nc1cc(C)c(/C(C)=N/OCC(F)(F)F)cc1C. The molecule has 0 aliphatic carbocycles. The molecule has 0 aromatic heterocycles. The summed E-state index contributed by atoms with van der Waals surface area (Å²) in [6, 6.07) is 3.73. The Labute approximate surface area is 134 Å². The van der Waals surface area contributed by atoms with E-state index in [1.165, 1.54) is 0 Å². The first-order valence-corrected chi connectivity index (χ1v) is 7.23. The molecule has 0 bridgehead atoms. The molecule has 0 radical (unpaired) electrons. The molecule has 23 heavy (non-hydrogen) atoms. The van der Waals surface area contributed by atoms with Crippen LogP contribution in [0.2, 0.25) is 0 Å². The van der Waals surface area contributed by atoms with Crippen molar-refractivity contribution in [1.29, 1.82) is 0 Å². The first kappa shape index (κ1) is 19.0. The zero-order chi connectivity index (χ0) is 17.6. The lowest BCUT2D eigenvalue weighted by Crippen LogP contribution is -2.15. The van der Waals surface area contributed by atoms with Crippen molar-refractivity contribution < 1.29 is 18.0 Å². The molecule has 0 saturated heterocycles. The molecule has 0 fully saturated rings. The summed E-state index contributed by atoms with van der Waals surface area (Å²) in [5.41, 5.74) is 3.74. The van der Waals surface area contributed by atoms with E-state index in [1.54, 1.807) is 13.3 Å². The van der Waals surface area contributed by atoms with Crippen LogP contribution in [0.5, 0.6) is 0 Å². The predicted molar refractivity (Wildman–Crippen MR) is 86.6 cm³/mol. The van der Waals surface area contributed by atoms with Gasteiger partial charge < -0.3 is 9.74 Å². The highest BCUT2D eigenvalue weighted by molar-refractivity contribution is 6.00. The predicted octanol–water partition coefficient (Wildman–Crippen LogP) is 4.22. The van der Waals surface area contributed by atoms with Crippen LogP contribution in [0.4, 0.5) is 18.9 Å².